The number of rotatable bonds is 5. The topological polar surface area (TPSA) is 83.9 Å². The van der Waals surface area contributed by atoms with E-state index in [1.54, 1.807) is 42.5 Å². The predicted molar refractivity (Wildman–Crippen MR) is 99.5 cm³/mol. The van der Waals surface area contributed by atoms with Gasteiger partial charge in [0.2, 0.25) is 0 Å². The molecular weight excluding hydrogens is 354 g/mol. The van der Waals surface area contributed by atoms with Gasteiger partial charge in [0, 0.05) is 0 Å². The number of carboxylic acid groups (broad SMARTS) is 1. The number of carbonyl (C=O) groups excluding carboxylic acids is 2. The summed E-state index contributed by atoms with van der Waals surface area (Å²) in [6.07, 6.45) is 1.57. The van der Waals surface area contributed by atoms with Crippen LogP contribution in [-0.4, -0.2) is 28.8 Å². The maximum absolute atomic E-state index is 12.7. The summed E-state index contributed by atoms with van der Waals surface area (Å²) < 4.78 is 5.50. The fraction of sp³-hybridized carbons (Fsp3) is 0.105. The van der Waals surface area contributed by atoms with E-state index in [1.165, 1.54) is 12.1 Å². The zero-order chi connectivity index (χ0) is 18.7. The van der Waals surface area contributed by atoms with Crippen LogP contribution in [0.5, 0.6) is 5.75 Å². The molecule has 1 saturated heterocycles. The normalized spacial score (nSPS) is 15.6. The quantitative estimate of drug-likeness (QED) is 0.801. The molecule has 2 aromatic rings. The second-order valence-electron chi connectivity index (χ2n) is 5.35. The zero-order valence-electron chi connectivity index (χ0n) is 13.8. The molecule has 0 spiro atoms. The molecule has 0 saturated carbocycles. The molecule has 0 bridgehead atoms. The number of hydrogen-bond donors (Lipinski definition) is 1. The highest BCUT2D eigenvalue weighted by atomic mass is 32.2. The van der Waals surface area contributed by atoms with Crippen LogP contribution in [0.3, 0.4) is 0 Å². The Hall–Kier alpha value is -3.06. The highest BCUT2D eigenvalue weighted by Gasteiger charge is 2.37. The minimum atomic E-state index is -1.02. The molecule has 0 radical (unpaired) electrons. The van der Waals surface area contributed by atoms with Crippen molar-refractivity contribution in [3.63, 3.8) is 0 Å². The molecule has 1 fully saturated rings. The van der Waals surface area contributed by atoms with Gasteiger partial charge < -0.3 is 9.84 Å². The maximum Gasteiger partial charge on any atom is 0.335 e. The van der Waals surface area contributed by atoms with Crippen LogP contribution in [0.25, 0.3) is 6.08 Å². The van der Waals surface area contributed by atoms with Gasteiger partial charge in [0.1, 0.15) is 5.75 Å². The minimum absolute atomic E-state index is 0.154. The van der Waals surface area contributed by atoms with Crippen molar-refractivity contribution in [3.8, 4) is 5.75 Å². The lowest BCUT2D eigenvalue weighted by Gasteiger charge is -2.16. The van der Waals surface area contributed by atoms with E-state index in [0.717, 1.165) is 16.7 Å². The highest BCUT2D eigenvalue weighted by molar-refractivity contribution is 8.19. The van der Waals surface area contributed by atoms with Gasteiger partial charge >= 0.3 is 5.97 Å². The lowest BCUT2D eigenvalue weighted by molar-refractivity contribution is -0.113. The summed E-state index contributed by atoms with van der Waals surface area (Å²) in [4.78, 5) is 37.4. The number of carbonyl (C=O) groups is 3. The summed E-state index contributed by atoms with van der Waals surface area (Å²) >= 11 is 0.835. The second-order valence-corrected chi connectivity index (χ2v) is 6.34. The molecule has 1 heterocycles. The molecule has 1 aliphatic rings. The van der Waals surface area contributed by atoms with Crippen LogP contribution in [0.15, 0.2) is 53.4 Å². The number of benzene rings is 2. The van der Waals surface area contributed by atoms with Gasteiger partial charge in [0.15, 0.2) is 0 Å². The number of amides is 2. The summed E-state index contributed by atoms with van der Waals surface area (Å²) in [5.74, 6) is -0.997. The van der Waals surface area contributed by atoms with Crippen LogP contribution in [0.4, 0.5) is 10.5 Å². The predicted octanol–water partition coefficient (Wildman–Crippen LogP) is 4.02. The molecular formula is C19H15NO5S. The summed E-state index contributed by atoms with van der Waals surface area (Å²) in [5, 5.41) is 8.52. The summed E-state index contributed by atoms with van der Waals surface area (Å²) in [5.41, 5.74) is 1.20. The van der Waals surface area contributed by atoms with Gasteiger partial charge in [-0.05, 0) is 54.6 Å². The Morgan fingerprint density at radius 2 is 1.85 bits per heavy atom. The third-order valence-corrected chi connectivity index (χ3v) is 4.52. The van der Waals surface area contributed by atoms with Gasteiger partial charge in [-0.15, -0.1) is 0 Å². The van der Waals surface area contributed by atoms with Gasteiger partial charge in [-0.3, -0.25) is 9.59 Å². The van der Waals surface area contributed by atoms with E-state index < -0.39 is 17.1 Å². The first-order valence-electron chi connectivity index (χ1n) is 7.84. The van der Waals surface area contributed by atoms with Crippen molar-refractivity contribution in [2.24, 2.45) is 0 Å². The molecule has 26 heavy (non-hydrogen) atoms. The van der Waals surface area contributed by atoms with E-state index >= 15 is 0 Å². The molecule has 6 nitrogen and oxygen atoms in total. The fourth-order valence-corrected chi connectivity index (χ4v) is 3.30. The fourth-order valence-electron chi connectivity index (χ4n) is 2.47. The number of ether oxygens (including phenoxy) is 1. The molecule has 0 aliphatic carbocycles. The van der Waals surface area contributed by atoms with Crippen molar-refractivity contribution in [1.82, 2.24) is 0 Å². The summed E-state index contributed by atoms with van der Waals surface area (Å²) in [6.45, 7) is 2.24. The molecule has 1 aliphatic heterocycles. The standard InChI is InChI=1S/C19H15NO5S/c1-2-25-15-6-4-3-5-14(15)20-17(21)16(26-19(20)24)11-12-7-9-13(10-8-12)18(22)23/h3-11H,2H2,1H3,(H,22,23)/b16-11-. The minimum Gasteiger partial charge on any atom is -0.492 e. The van der Waals surface area contributed by atoms with E-state index in [4.69, 9.17) is 9.84 Å². The lowest BCUT2D eigenvalue weighted by atomic mass is 10.1. The Morgan fingerprint density at radius 3 is 2.50 bits per heavy atom. The van der Waals surface area contributed by atoms with E-state index in [0.29, 0.717) is 23.6 Å². The van der Waals surface area contributed by atoms with E-state index in [-0.39, 0.29) is 10.5 Å². The Kier molecular flexibility index (Phi) is 5.09. The number of thioether (sulfide) groups is 1. The Bertz CT molecular complexity index is 904. The van der Waals surface area contributed by atoms with Gasteiger partial charge in [-0.2, -0.15) is 0 Å². The first kappa shape index (κ1) is 17.8. The Labute approximate surface area is 154 Å². The molecule has 0 aromatic heterocycles. The number of para-hydroxylation sites is 2. The van der Waals surface area contributed by atoms with Crippen LogP contribution in [0, 0.1) is 0 Å². The van der Waals surface area contributed by atoms with Crippen LogP contribution < -0.4 is 9.64 Å². The maximum atomic E-state index is 12.7. The SMILES string of the molecule is CCOc1ccccc1N1C(=O)S/C(=C\c2ccc(C(=O)O)cc2)C1=O. The molecule has 0 unspecified atom stereocenters. The molecule has 132 valence electrons. The van der Waals surface area contributed by atoms with Crippen LogP contribution >= 0.6 is 11.8 Å². The summed E-state index contributed by atoms with van der Waals surface area (Å²) in [6, 6.07) is 12.9. The number of imide groups is 1. The Morgan fingerprint density at radius 1 is 1.15 bits per heavy atom. The highest BCUT2D eigenvalue weighted by Crippen LogP contribution is 2.39. The molecule has 2 amide bonds. The van der Waals surface area contributed by atoms with Gasteiger partial charge in [-0.25, -0.2) is 9.69 Å². The number of hydrogen-bond acceptors (Lipinski definition) is 5. The van der Waals surface area contributed by atoms with E-state index in [1.807, 2.05) is 6.92 Å². The molecule has 1 N–H and O–H groups in total. The van der Waals surface area contributed by atoms with Crippen molar-refractivity contribution in [1.29, 1.82) is 0 Å². The third kappa shape index (κ3) is 3.48. The van der Waals surface area contributed by atoms with Gasteiger partial charge in [-0.1, -0.05) is 24.3 Å². The average Bonchev–Trinajstić information content (AvgIpc) is 2.90. The first-order valence-corrected chi connectivity index (χ1v) is 8.66. The van der Waals surface area contributed by atoms with Gasteiger partial charge in [0.05, 0.1) is 22.8 Å². The number of nitrogens with zero attached hydrogens (tertiary/aromatic N) is 1. The van der Waals surface area contributed by atoms with Crippen LogP contribution in [-0.2, 0) is 4.79 Å². The number of carboxylic acids is 1. The molecule has 2 aromatic carbocycles. The lowest BCUT2D eigenvalue weighted by Crippen LogP contribution is -2.28. The van der Waals surface area contributed by atoms with E-state index in [9.17, 15) is 14.4 Å². The molecule has 0 atom stereocenters. The summed E-state index contributed by atoms with van der Waals surface area (Å²) in [7, 11) is 0. The largest absolute Gasteiger partial charge is 0.492 e. The monoisotopic (exact) mass is 369 g/mol. The smallest absolute Gasteiger partial charge is 0.335 e. The average molecular weight is 369 g/mol. The number of anilines is 1. The van der Waals surface area contributed by atoms with E-state index in [2.05, 4.69) is 0 Å². The van der Waals surface area contributed by atoms with Crippen molar-refractivity contribution in [2.45, 2.75) is 6.92 Å². The Balaban J connectivity index is 1.91. The van der Waals surface area contributed by atoms with Crippen LogP contribution in [0.1, 0.15) is 22.8 Å². The van der Waals surface area contributed by atoms with Crippen molar-refractivity contribution < 1.29 is 24.2 Å². The third-order valence-electron chi connectivity index (χ3n) is 3.66. The van der Waals surface area contributed by atoms with Crippen molar-refractivity contribution in [2.75, 3.05) is 11.5 Å². The molecule has 7 heteroatoms. The zero-order valence-corrected chi connectivity index (χ0v) is 14.7. The second kappa shape index (κ2) is 7.45. The van der Waals surface area contributed by atoms with Crippen LogP contribution in [0.2, 0.25) is 0 Å². The first-order chi connectivity index (χ1) is 12.5. The number of aromatic carboxylic acids is 1. The molecule has 3 rings (SSSR count). The van der Waals surface area contributed by atoms with Crippen molar-refractivity contribution >= 4 is 40.6 Å². The van der Waals surface area contributed by atoms with Crippen molar-refractivity contribution in [3.05, 3.63) is 64.6 Å². The van der Waals surface area contributed by atoms with Gasteiger partial charge in [0.25, 0.3) is 11.1 Å².